The Kier molecular flexibility index (Phi) is 13.6. The molecule has 0 aromatic carbocycles. The summed E-state index contributed by atoms with van der Waals surface area (Å²) in [5.41, 5.74) is 0. The molecule has 0 saturated carbocycles. The fourth-order valence-corrected chi connectivity index (χ4v) is 0.235. The van der Waals surface area contributed by atoms with E-state index in [2.05, 4.69) is 19.7 Å². The predicted molar refractivity (Wildman–Crippen MR) is 49.0 cm³/mol. The highest BCUT2D eigenvalue weighted by molar-refractivity contribution is 5.78. The van der Waals surface area contributed by atoms with Crippen molar-refractivity contribution in [3.05, 3.63) is 38.0 Å². The zero-order valence-electron chi connectivity index (χ0n) is 7.03. The number of hydrogen-bond acceptors (Lipinski definition) is 2. The van der Waals surface area contributed by atoms with Crippen LogP contribution in [0.1, 0.15) is 0 Å². The zero-order chi connectivity index (χ0) is 9.82. The molecule has 0 saturated heterocycles. The van der Waals surface area contributed by atoms with Gasteiger partial charge in [-0.25, -0.2) is 4.79 Å². The number of rotatable bonds is 5. The SMILES string of the molecule is C=CC(=O)O.C=CCOCC=C. The van der Waals surface area contributed by atoms with Gasteiger partial charge in [-0.3, -0.25) is 0 Å². The van der Waals surface area contributed by atoms with E-state index in [0.717, 1.165) is 6.08 Å². The molecular weight excluding hydrogens is 156 g/mol. The summed E-state index contributed by atoms with van der Waals surface area (Å²) in [6, 6.07) is 0. The van der Waals surface area contributed by atoms with Crippen LogP contribution < -0.4 is 0 Å². The largest absolute Gasteiger partial charge is 0.478 e. The molecule has 0 spiro atoms. The molecule has 12 heavy (non-hydrogen) atoms. The van der Waals surface area contributed by atoms with Crippen LogP contribution in [0.15, 0.2) is 38.0 Å². The van der Waals surface area contributed by atoms with Crippen LogP contribution in [0, 0.1) is 0 Å². The number of carbonyl (C=O) groups is 1. The highest BCUT2D eigenvalue weighted by Crippen LogP contribution is 1.72. The Morgan fingerprint density at radius 1 is 1.25 bits per heavy atom. The first-order valence-electron chi connectivity index (χ1n) is 3.33. The number of ether oxygens (including phenoxy) is 1. The molecule has 3 heteroatoms. The monoisotopic (exact) mass is 170 g/mol. The molecule has 3 nitrogen and oxygen atoms in total. The van der Waals surface area contributed by atoms with Crippen LogP contribution in [-0.2, 0) is 9.53 Å². The summed E-state index contributed by atoms with van der Waals surface area (Å²) in [7, 11) is 0. The van der Waals surface area contributed by atoms with E-state index in [4.69, 9.17) is 9.84 Å². The Balaban J connectivity index is 0. The van der Waals surface area contributed by atoms with Gasteiger partial charge in [0.2, 0.25) is 0 Å². The van der Waals surface area contributed by atoms with Gasteiger partial charge in [0, 0.05) is 6.08 Å². The van der Waals surface area contributed by atoms with E-state index >= 15 is 0 Å². The third-order valence-electron chi connectivity index (χ3n) is 0.646. The molecule has 0 aromatic rings. The lowest BCUT2D eigenvalue weighted by atomic mass is 10.6. The van der Waals surface area contributed by atoms with Crippen LogP contribution in [0.3, 0.4) is 0 Å². The Morgan fingerprint density at radius 3 is 1.75 bits per heavy atom. The second kappa shape index (κ2) is 12.3. The van der Waals surface area contributed by atoms with Crippen LogP contribution in [0.5, 0.6) is 0 Å². The first kappa shape index (κ1) is 13.3. The highest BCUT2D eigenvalue weighted by atomic mass is 16.5. The quantitative estimate of drug-likeness (QED) is 0.387. The summed E-state index contributed by atoms with van der Waals surface area (Å²) < 4.78 is 4.90. The molecule has 0 aliphatic carbocycles. The minimum absolute atomic E-state index is 0.617. The highest BCUT2D eigenvalue weighted by Gasteiger charge is 1.73. The number of aliphatic carboxylic acids is 1. The van der Waals surface area contributed by atoms with Crippen molar-refractivity contribution in [2.24, 2.45) is 0 Å². The number of hydrogen-bond donors (Lipinski definition) is 1. The smallest absolute Gasteiger partial charge is 0.327 e. The predicted octanol–water partition coefficient (Wildman–Crippen LogP) is 1.63. The van der Waals surface area contributed by atoms with E-state index in [9.17, 15) is 4.79 Å². The van der Waals surface area contributed by atoms with Crippen molar-refractivity contribution >= 4 is 5.97 Å². The Labute approximate surface area is 72.7 Å². The lowest BCUT2D eigenvalue weighted by Gasteiger charge is -1.89. The fraction of sp³-hybridized carbons (Fsp3) is 0.222. The van der Waals surface area contributed by atoms with E-state index in [1.807, 2.05) is 0 Å². The molecular formula is C9H14O3. The van der Waals surface area contributed by atoms with Gasteiger partial charge in [0.05, 0.1) is 13.2 Å². The topological polar surface area (TPSA) is 46.5 Å². The van der Waals surface area contributed by atoms with Gasteiger partial charge in [-0.2, -0.15) is 0 Å². The summed E-state index contributed by atoms with van der Waals surface area (Å²) in [5.74, 6) is -0.981. The molecule has 0 unspecified atom stereocenters. The summed E-state index contributed by atoms with van der Waals surface area (Å²) in [6.07, 6.45) is 4.26. The molecule has 0 rings (SSSR count). The first-order chi connectivity index (χ1) is 5.68. The van der Waals surface area contributed by atoms with Crippen LogP contribution in [0.25, 0.3) is 0 Å². The van der Waals surface area contributed by atoms with E-state index in [0.29, 0.717) is 13.2 Å². The molecule has 0 bridgehead atoms. The molecule has 68 valence electrons. The normalized spacial score (nSPS) is 7.33. The number of carboxylic acid groups (broad SMARTS) is 1. The van der Waals surface area contributed by atoms with Gasteiger partial charge in [0.1, 0.15) is 0 Å². The molecule has 0 amide bonds. The van der Waals surface area contributed by atoms with Crippen LogP contribution >= 0.6 is 0 Å². The van der Waals surface area contributed by atoms with Crippen LogP contribution in [0.4, 0.5) is 0 Å². The molecule has 0 aliphatic heterocycles. The van der Waals surface area contributed by atoms with Gasteiger partial charge in [-0.15, -0.1) is 13.2 Å². The molecule has 0 fully saturated rings. The Hall–Kier alpha value is -1.35. The Morgan fingerprint density at radius 2 is 1.58 bits per heavy atom. The lowest BCUT2D eigenvalue weighted by Crippen LogP contribution is -1.87. The van der Waals surface area contributed by atoms with Crippen molar-refractivity contribution in [3.63, 3.8) is 0 Å². The molecule has 1 N–H and O–H groups in total. The summed E-state index contributed by atoms with van der Waals surface area (Å²) in [6.45, 7) is 11.1. The molecule has 0 atom stereocenters. The zero-order valence-corrected chi connectivity index (χ0v) is 7.03. The van der Waals surface area contributed by atoms with Gasteiger partial charge in [0.15, 0.2) is 0 Å². The maximum absolute atomic E-state index is 9.25. The van der Waals surface area contributed by atoms with Crippen molar-refractivity contribution in [2.75, 3.05) is 13.2 Å². The maximum atomic E-state index is 9.25. The van der Waals surface area contributed by atoms with Crippen molar-refractivity contribution in [2.45, 2.75) is 0 Å². The summed E-state index contributed by atoms with van der Waals surface area (Å²) in [5, 5.41) is 7.60. The molecule has 0 aromatic heterocycles. The lowest BCUT2D eigenvalue weighted by molar-refractivity contribution is -0.131. The van der Waals surface area contributed by atoms with Gasteiger partial charge < -0.3 is 9.84 Å². The number of carboxylic acids is 1. The molecule has 0 heterocycles. The average Bonchev–Trinajstić information content (AvgIpc) is 2.07. The summed E-state index contributed by atoms with van der Waals surface area (Å²) >= 11 is 0. The van der Waals surface area contributed by atoms with E-state index in [1.165, 1.54) is 0 Å². The van der Waals surface area contributed by atoms with Crippen molar-refractivity contribution < 1.29 is 14.6 Å². The van der Waals surface area contributed by atoms with E-state index in [1.54, 1.807) is 12.2 Å². The van der Waals surface area contributed by atoms with Crippen LogP contribution in [0.2, 0.25) is 0 Å². The van der Waals surface area contributed by atoms with Gasteiger partial charge in [-0.1, -0.05) is 18.7 Å². The minimum Gasteiger partial charge on any atom is -0.478 e. The average molecular weight is 170 g/mol. The van der Waals surface area contributed by atoms with Gasteiger partial charge in [-0.05, 0) is 0 Å². The van der Waals surface area contributed by atoms with Crippen molar-refractivity contribution in [1.29, 1.82) is 0 Å². The standard InChI is InChI=1S/C6H10O.C3H4O2/c1-3-5-7-6-4-2;1-2-3(4)5/h3-4H,1-2,5-6H2;2H,1H2,(H,4,5). The van der Waals surface area contributed by atoms with E-state index in [-0.39, 0.29) is 0 Å². The van der Waals surface area contributed by atoms with Crippen molar-refractivity contribution in [3.8, 4) is 0 Å². The fourth-order valence-electron chi connectivity index (χ4n) is 0.235. The Bertz CT molecular complexity index is 142. The molecule has 0 radical (unpaired) electrons. The van der Waals surface area contributed by atoms with E-state index < -0.39 is 5.97 Å². The third-order valence-corrected chi connectivity index (χ3v) is 0.646. The second-order valence-electron chi connectivity index (χ2n) is 1.66. The van der Waals surface area contributed by atoms with Gasteiger partial charge >= 0.3 is 5.97 Å². The third kappa shape index (κ3) is 23.4. The van der Waals surface area contributed by atoms with Crippen molar-refractivity contribution in [1.82, 2.24) is 0 Å². The molecule has 0 aliphatic rings. The minimum atomic E-state index is -0.981. The maximum Gasteiger partial charge on any atom is 0.327 e. The first-order valence-corrected chi connectivity index (χ1v) is 3.33. The second-order valence-corrected chi connectivity index (χ2v) is 1.66. The summed E-state index contributed by atoms with van der Waals surface area (Å²) in [4.78, 5) is 9.25. The van der Waals surface area contributed by atoms with Gasteiger partial charge in [0.25, 0.3) is 0 Å². The van der Waals surface area contributed by atoms with Crippen LogP contribution in [-0.4, -0.2) is 24.3 Å².